The number of aliphatic hydroxyl groups excluding tert-OH is 2. The summed E-state index contributed by atoms with van der Waals surface area (Å²) in [4.78, 5) is 71.1. The number of allylic oxidation sites excluding steroid dienone is 3. The normalized spacial score (nSPS) is 37.9. The van der Waals surface area contributed by atoms with Gasteiger partial charge in [-0.2, -0.15) is 0 Å². The number of aromatic nitrogens is 1. The van der Waals surface area contributed by atoms with Gasteiger partial charge in [-0.25, -0.2) is 0 Å². The number of hydrogen-bond acceptors (Lipinski definition) is 14. The number of nitrogens with one attached hydrogen (secondary N) is 2. The molecule has 3 aliphatic heterocycles. The van der Waals surface area contributed by atoms with Gasteiger partial charge >= 0.3 is 11.9 Å². The van der Waals surface area contributed by atoms with E-state index in [9.17, 15) is 39.3 Å². The average Bonchev–Trinajstić information content (AvgIpc) is 3.63. The molecule has 0 spiro atoms. The van der Waals surface area contributed by atoms with Crippen molar-refractivity contribution >= 4 is 52.7 Å². The zero-order chi connectivity index (χ0) is 47.4. The van der Waals surface area contributed by atoms with Crippen molar-refractivity contribution in [2.75, 3.05) is 7.11 Å². The van der Waals surface area contributed by atoms with Crippen molar-refractivity contribution in [1.29, 1.82) is 0 Å². The molecule has 3 saturated heterocycles. The number of fused-ring (bicyclic) bond motifs is 1. The Hall–Kier alpha value is -3.81. The van der Waals surface area contributed by atoms with E-state index in [1.54, 1.807) is 41.5 Å². The molecular formula is C45H61Cl2N3O14. The number of likely N-dealkylation sites (tertiary alicyclic amines) is 1. The number of nitrogens with zero attached hydrogens (tertiary/aromatic N) is 1. The zero-order valence-corrected chi connectivity index (χ0v) is 39.3. The Bertz CT molecular complexity index is 2090. The number of carbonyl (C=O) groups excluding carboxylic acids is 5. The van der Waals surface area contributed by atoms with E-state index in [2.05, 4.69) is 16.9 Å². The molecule has 16 atom stereocenters. The quantitative estimate of drug-likeness (QED) is 0.0670. The van der Waals surface area contributed by atoms with Gasteiger partial charge in [-0.05, 0) is 58.3 Å². The number of aryl methyl sites for hydroxylation is 1. The van der Waals surface area contributed by atoms with E-state index < -0.39 is 137 Å². The first kappa shape index (κ1) is 49.6. The van der Waals surface area contributed by atoms with Crippen molar-refractivity contribution in [3.8, 4) is 0 Å². The molecule has 16 unspecified atom stereocenters. The molecule has 5 N–H and O–H groups in total. The number of H-pyrrole nitrogens is 1. The number of carbonyl (C=O) groups is 5. The lowest BCUT2D eigenvalue weighted by atomic mass is 9.61. The van der Waals surface area contributed by atoms with Crippen molar-refractivity contribution in [2.45, 2.75) is 155 Å². The highest BCUT2D eigenvalue weighted by Gasteiger charge is 2.59. The van der Waals surface area contributed by atoms with Crippen LogP contribution in [0.1, 0.15) is 90.8 Å². The number of hydrogen-bond donors (Lipinski definition) is 5. The molecule has 1 saturated carbocycles. The Morgan fingerprint density at radius 2 is 1.64 bits per heavy atom. The number of ketones is 1. The first-order valence-electron chi connectivity index (χ1n) is 21.7. The monoisotopic (exact) mass is 937 g/mol. The fourth-order valence-electron chi connectivity index (χ4n) is 10.3. The molecule has 0 bridgehead atoms. The highest BCUT2D eigenvalue weighted by Crippen LogP contribution is 2.51. The molecule has 4 heterocycles. The Labute approximate surface area is 382 Å². The third kappa shape index (κ3) is 9.03. The van der Waals surface area contributed by atoms with Crippen LogP contribution in [-0.4, -0.2) is 135 Å². The van der Waals surface area contributed by atoms with Crippen LogP contribution >= 0.6 is 23.2 Å². The molecule has 2 aliphatic carbocycles. The fraction of sp³-hybridized carbons (Fsp3) is 0.667. The summed E-state index contributed by atoms with van der Waals surface area (Å²) >= 11 is 12.5. The Morgan fingerprint density at radius 1 is 1.00 bits per heavy atom. The maximum Gasteiger partial charge on any atom is 0.303 e. The lowest BCUT2D eigenvalue weighted by Crippen LogP contribution is -2.66. The van der Waals surface area contributed by atoms with E-state index in [1.165, 1.54) is 25.9 Å². The van der Waals surface area contributed by atoms with Crippen molar-refractivity contribution in [1.82, 2.24) is 15.2 Å². The predicted molar refractivity (Wildman–Crippen MR) is 231 cm³/mol. The average molecular weight is 939 g/mol. The second kappa shape index (κ2) is 19.2. The Balaban J connectivity index is 1.27. The van der Waals surface area contributed by atoms with Crippen LogP contribution in [0.15, 0.2) is 35.6 Å². The largest absolute Gasteiger partial charge is 0.511 e. The second-order valence-corrected chi connectivity index (χ2v) is 19.0. The summed E-state index contributed by atoms with van der Waals surface area (Å²) < 4.78 is 36.0. The SMILES string of the molecule is C=C1CCC(OC2CC(O)(C(C)NC(=O)c3[nH]c(C)c(Cl)c3Cl)C(O)C(C)O2)C2C=CC(C)C(/C(O)=C3\C(=O)C(C(C)C)N(C4OC(C)C(OC(C)=O)C(OC(C)=O)C4OC)C3=O)C12. The van der Waals surface area contributed by atoms with Crippen LogP contribution in [0, 0.1) is 36.5 Å². The molecule has 1 aromatic rings. The molecule has 1 aromatic heterocycles. The summed E-state index contributed by atoms with van der Waals surface area (Å²) in [5.74, 6) is -6.43. The molecule has 354 valence electrons. The van der Waals surface area contributed by atoms with Crippen molar-refractivity contribution in [3.05, 3.63) is 57.1 Å². The number of methoxy groups -OCH3 is 1. The minimum atomic E-state index is -1.92. The molecule has 0 aromatic carbocycles. The summed E-state index contributed by atoms with van der Waals surface area (Å²) in [6.45, 7) is 18.5. The van der Waals surface area contributed by atoms with E-state index in [0.29, 0.717) is 18.5 Å². The van der Waals surface area contributed by atoms with Gasteiger partial charge in [0.05, 0.1) is 34.4 Å². The van der Waals surface area contributed by atoms with Crippen LogP contribution < -0.4 is 5.32 Å². The lowest BCUT2D eigenvalue weighted by Gasteiger charge is -2.50. The van der Waals surface area contributed by atoms with Crippen molar-refractivity contribution in [2.24, 2.45) is 29.6 Å². The summed E-state index contributed by atoms with van der Waals surface area (Å²) in [6.07, 6.45) is -5.13. The maximum atomic E-state index is 14.8. The van der Waals surface area contributed by atoms with Crippen LogP contribution in [0.4, 0.5) is 0 Å². The molecule has 6 rings (SSSR count). The predicted octanol–water partition coefficient (Wildman–Crippen LogP) is 4.64. The lowest BCUT2D eigenvalue weighted by molar-refractivity contribution is -0.296. The molecule has 64 heavy (non-hydrogen) atoms. The van der Waals surface area contributed by atoms with Gasteiger partial charge in [-0.3, -0.25) is 28.9 Å². The topological polar surface area (TPSA) is 232 Å². The van der Waals surface area contributed by atoms with E-state index in [4.69, 9.17) is 51.6 Å². The number of aromatic amines is 1. The molecule has 0 radical (unpaired) electrons. The van der Waals surface area contributed by atoms with Gasteiger partial charge in [0.2, 0.25) is 0 Å². The van der Waals surface area contributed by atoms with Crippen LogP contribution in [0.25, 0.3) is 0 Å². The first-order valence-corrected chi connectivity index (χ1v) is 22.4. The van der Waals surface area contributed by atoms with Gasteiger partial charge < -0.3 is 54.0 Å². The number of amides is 2. The summed E-state index contributed by atoms with van der Waals surface area (Å²) in [7, 11) is 1.32. The highest BCUT2D eigenvalue weighted by molar-refractivity contribution is 6.44. The molecule has 5 aliphatic rings. The number of halogens is 2. The van der Waals surface area contributed by atoms with E-state index in [1.807, 2.05) is 19.1 Å². The van der Waals surface area contributed by atoms with Crippen LogP contribution in [0.5, 0.6) is 0 Å². The van der Waals surface area contributed by atoms with E-state index >= 15 is 0 Å². The maximum absolute atomic E-state index is 14.8. The van der Waals surface area contributed by atoms with Gasteiger partial charge in [-0.1, -0.05) is 68.3 Å². The third-order valence-electron chi connectivity index (χ3n) is 13.5. The smallest absolute Gasteiger partial charge is 0.303 e. The minimum absolute atomic E-state index is 0.00778. The molecular weight excluding hydrogens is 877 g/mol. The number of ether oxygens (including phenoxy) is 6. The summed E-state index contributed by atoms with van der Waals surface area (Å²) in [6, 6.07) is -2.14. The van der Waals surface area contributed by atoms with Gasteiger partial charge in [0, 0.05) is 44.9 Å². The third-order valence-corrected chi connectivity index (χ3v) is 14.5. The second-order valence-electron chi connectivity index (χ2n) is 18.2. The first-order chi connectivity index (χ1) is 29.9. The molecule has 19 heteroatoms. The standard InChI is InChI=1S/C45H61Cl2N3O14/c1-17(2)35-37(54)31(43(57)50(35)44-40(59-11)39(63-25(10)52)38(21(6)61-44)62-24(9)51)36(53)30-19(4)12-14-26-27(15-13-18(3)29(26)30)64-28-16-45(58,41(55)22(7)60-28)23(8)49-42(56)34-33(47)32(46)20(5)48-34/h12,14,17,19,21-23,26-30,35,38-41,44,48,53,55,58H,3,13,15-16H2,1-2,4-11H3,(H,49,56)/b36-31-. The minimum Gasteiger partial charge on any atom is -0.511 e. The van der Waals surface area contributed by atoms with E-state index in [0.717, 1.165) is 5.57 Å². The summed E-state index contributed by atoms with van der Waals surface area (Å²) in [5, 5.41) is 38.6. The van der Waals surface area contributed by atoms with Gasteiger partial charge in [-0.15, -0.1) is 0 Å². The van der Waals surface area contributed by atoms with E-state index in [-0.39, 0.29) is 28.1 Å². The number of aliphatic hydroxyl groups is 3. The van der Waals surface area contributed by atoms with Crippen molar-refractivity contribution < 1.29 is 67.7 Å². The van der Waals surface area contributed by atoms with Crippen molar-refractivity contribution in [3.63, 3.8) is 0 Å². The number of rotatable bonds is 11. The molecule has 2 amide bonds. The Morgan fingerprint density at radius 3 is 2.22 bits per heavy atom. The number of esters is 2. The summed E-state index contributed by atoms with van der Waals surface area (Å²) in [5.41, 5.74) is -1.05. The number of Topliss-reactive ketones (excluding diaryl/α,β-unsaturated/α-hetero) is 1. The highest BCUT2D eigenvalue weighted by atomic mass is 35.5. The Kier molecular flexibility index (Phi) is 14.9. The van der Waals surface area contributed by atoms with Crippen LogP contribution in [0.2, 0.25) is 10.0 Å². The zero-order valence-electron chi connectivity index (χ0n) is 37.8. The van der Waals surface area contributed by atoms with Crippen LogP contribution in [-0.2, 0) is 47.6 Å². The van der Waals surface area contributed by atoms with Gasteiger partial charge in [0.1, 0.15) is 40.9 Å². The fourth-order valence-corrected chi connectivity index (χ4v) is 10.7. The van der Waals surface area contributed by atoms with Gasteiger partial charge in [0.25, 0.3) is 11.8 Å². The molecule has 4 fully saturated rings. The van der Waals surface area contributed by atoms with Crippen LogP contribution in [0.3, 0.4) is 0 Å². The molecule has 17 nitrogen and oxygen atoms in total. The van der Waals surface area contributed by atoms with Gasteiger partial charge in [0.15, 0.2) is 30.5 Å².